The molecule has 0 bridgehead atoms. The summed E-state index contributed by atoms with van der Waals surface area (Å²) < 4.78 is 59.0. The summed E-state index contributed by atoms with van der Waals surface area (Å²) in [5.74, 6) is -0.599. The highest BCUT2D eigenvalue weighted by Gasteiger charge is 2.46. The fourth-order valence-electron chi connectivity index (χ4n) is 2.04. The first-order valence-electron chi connectivity index (χ1n) is 7.13. The van der Waals surface area contributed by atoms with Crippen LogP contribution in [-0.4, -0.2) is 19.8 Å². The second kappa shape index (κ2) is 8.60. The summed E-state index contributed by atoms with van der Waals surface area (Å²) in [5, 5.41) is 0. The van der Waals surface area contributed by atoms with Gasteiger partial charge in [0.05, 0.1) is 0 Å². The van der Waals surface area contributed by atoms with E-state index in [1.54, 1.807) is 0 Å². The molecule has 0 aliphatic carbocycles. The Labute approximate surface area is 124 Å². The Balaban J connectivity index is 4.38. The molecule has 0 spiro atoms. The molecule has 1 atom stereocenters. The van der Waals surface area contributed by atoms with Gasteiger partial charge >= 0.3 is 15.5 Å². The lowest BCUT2D eigenvalue weighted by molar-refractivity contribution is -0.120. The number of unbranched alkanes of at least 4 members (excludes halogenated alkanes) is 2. The van der Waals surface area contributed by atoms with Gasteiger partial charge in [-0.1, -0.05) is 46.5 Å². The van der Waals surface area contributed by atoms with E-state index < -0.39 is 21.4 Å². The summed E-state index contributed by atoms with van der Waals surface area (Å²) >= 11 is 0. The molecule has 0 fully saturated rings. The van der Waals surface area contributed by atoms with Crippen molar-refractivity contribution >= 4 is 15.9 Å². The van der Waals surface area contributed by atoms with Crippen LogP contribution in [-0.2, 0) is 14.8 Å². The van der Waals surface area contributed by atoms with E-state index in [-0.39, 0.29) is 12.3 Å². The molecule has 0 saturated heterocycles. The van der Waals surface area contributed by atoms with Crippen molar-refractivity contribution in [1.82, 2.24) is 4.72 Å². The van der Waals surface area contributed by atoms with Crippen LogP contribution in [0.2, 0.25) is 0 Å². The maximum atomic E-state index is 12.1. The van der Waals surface area contributed by atoms with Gasteiger partial charge < -0.3 is 0 Å². The highest BCUT2D eigenvalue weighted by molar-refractivity contribution is 7.90. The topological polar surface area (TPSA) is 63.2 Å². The molecule has 0 heterocycles. The van der Waals surface area contributed by atoms with E-state index in [1.807, 2.05) is 13.8 Å². The Hall–Kier alpha value is -0.790. The Morgan fingerprint density at radius 1 is 1.14 bits per heavy atom. The average molecular weight is 331 g/mol. The molecule has 1 unspecified atom stereocenters. The van der Waals surface area contributed by atoms with Crippen LogP contribution in [0.5, 0.6) is 0 Å². The van der Waals surface area contributed by atoms with Crippen molar-refractivity contribution in [1.29, 1.82) is 0 Å². The second-order valence-corrected chi connectivity index (χ2v) is 7.19. The number of sulfonamides is 1. The number of alkyl halides is 3. The smallest absolute Gasteiger partial charge is 0.274 e. The number of carbonyl (C=O) groups excluding carboxylic acids is 1. The standard InChI is InChI=1S/C13H24F3NO3S/c1-4-5-6-7-11(10(2)3)8-9-12(18)17-21(19,20)13(14,15)16/h10-11H,4-9H2,1-3H3,(H,17,18). The number of rotatable bonds is 9. The molecule has 0 rings (SSSR count). The molecule has 0 radical (unpaired) electrons. The lowest BCUT2D eigenvalue weighted by atomic mass is 9.86. The Bertz CT molecular complexity index is 419. The Morgan fingerprint density at radius 3 is 2.14 bits per heavy atom. The SMILES string of the molecule is CCCCCC(CCC(=O)NS(=O)(=O)C(F)(F)F)C(C)C. The zero-order chi connectivity index (χ0) is 16.7. The van der Waals surface area contributed by atoms with Crippen molar-refractivity contribution in [3.05, 3.63) is 0 Å². The average Bonchev–Trinajstić information content (AvgIpc) is 2.31. The monoisotopic (exact) mass is 331 g/mol. The van der Waals surface area contributed by atoms with Gasteiger partial charge in [-0.15, -0.1) is 0 Å². The predicted octanol–water partition coefficient (Wildman–Crippen LogP) is 3.58. The zero-order valence-corrected chi connectivity index (χ0v) is 13.5. The third kappa shape index (κ3) is 7.68. The van der Waals surface area contributed by atoms with Crippen molar-refractivity contribution in [3.63, 3.8) is 0 Å². The van der Waals surface area contributed by atoms with Crippen molar-refractivity contribution in [2.24, 2.45) is 11.8 Å². The van der Waals surface area contributed by atoms with Crippen molar-refractivity contribution < 1.29 is 26.4 Å². The summed E-state index contributed by atoms with van der Waals surface area (Å²) in [5.41, 5.74) is -5.46. The molecular weight excluding hydrogens is 307 g/mol. The van der Waals surface area contributed by atoms with E-state index in [2.05, 4.69) is 6.92 Å². The van der Waals surface area contributed by atoms with Gasteiger partial charge in [-0.3, -0.25) is 4.79 Å². The molecule has 126 valence electrons. The minimum Gasteiger partial charge on any atom is -0.274 e. The van der Waals surface area contributed by atoms with E-state index in [4.69, 9.17) is 0 Å². The van der Waals surface area contributed by atoms with Gasteiger partial charge in [-0.25, -0.2) is 4.72 Å². The van der Waals surface area contributed by atoms with Crippen LogP contribution in [0.4, 0.5) is 13.2 Å². The van der Waals surface area contributed by atoms with Gasteiger partial charge in [0.25, 0.3) is 0 Å². The first-order valence-corrected chi connectivity index (χ1v) is 8.61. The van der Waals surface area contributed by atoms with Crippen LogP contribution >= 0.6 is 0 Å². The molecule has 0 aliphatic heterocycles. The van der Waals surface area contributed by atoms with Gasteiger partial charge in [0, 0.05) is 6.42 Å². The van der Waals surface area contributed by atoms with E-state index in [9.17, 15) is 26.4 Å². The molecule has 0 aromatic heterocycles. The summed E-state index contributed by atoms with van der Waals surface area (Å²) in [4.78, 5) is 11.4. The maximum absolute atomic E-state index is 12.1. The van der Waals surface area contributed by atoms with E-state index >= 15 is 0 Å². The minimum atomic E-state index is -5.59. The van der Waals surface area contributed by atoms with Crippen molar-refractivity contribution in [2.75, 3.05) is 0 Å². The summed E-state index contributed by atoms with van der Waals surface area (Å²) in [6.07, 6.45) is 4.20. The number of carbonyl (C=O) groups is 1. The molecule has 4 nitrogen and oxygen atoms in total. The lowest BCUT2D eigenvalue weighted by Crippen LogP contribution is -2.40. The molecule has 0 saturated carbocycles. The summed E-state index contributed by atoms with van der Waals surface area (Å²) in [6, 6.07) is 0. The van der Waals surface area contributed by atoms with Gasteiger partial charge in [0.1, 0.15) is 0 Å². The van der Waals surface area contributed by atoms with Crippen molar-refractivity contribution in [3.8, 4) is 0 Å². The van der Waals surface area contributed by atoms with Crippen LogP contribution in [0, 0.1) is 11.8 Å². The molecule has 21 heavy (non-hydrogen) atoms. The number of hydrogen-bond donors (Lipinski definition) is 1. The van der Waals surface area contributed by atoms with Crippen LogP contribution < -0.4 is 4.72 Å². The molecular formula is C13H24F3NO3S. The molecule has 0 aromatic rings. The number of hydrogen-bond acceptors (Lipinski definition) is 3. The fourth-order valence-corrected chi connectivity index (χ4v) is 2.56. The third-order valence-electron chi connectivity index (χ3n) is 3.42. The summed E-state index contributed by atoms with van der Waals surface area (Å²) in [7, 11) is -5.59. The van der Waals surface area contributed by atoms with E-state index in [0.717, 1.165) is 30.4 Å². The third-order valence-corrected chi connectivity index (χ3v) is 4.52. The molecule has 1 N–H and O–H groups in total. The lowest BCUT2D eigenvalue weighted by Gasteiger charge is -2.20. The van der Waals surface area contributed by atoms with Crippen molar-refractivity contribution in [2.45, 2.75) is 64.8 Å². The van der Waals surface area contributed by atoms with Crippen LogP contribution in [0.25, 0.3) is 0 Å². The van der Waals surface area contributed by atoms with Gasteiger partial charge in [0.2, 0.25) is 5.91 Å². The quantitative estimate of drug-likeness (QED) is 0.657. The van der Waals surface area contributed by atoms with E-state index in [1.165, 1.54) is 0 Å². The Kier molecular flexibility index (Phi) is 8.28. The largest absolute Gasteiger partial charge is 0.516 e. The fraction of sp³-hybridized carbons (Fsp3) is 0.923. The molecule has 0 aliphatic rings. The number of halogens is 3. The van der Waals surface area contributed by atoms with Gasteiger partial charge in [-0.2, -0.15) is 21.6 Å². The molecule has 8 heteroatoms. The zero-order valence-electron chi connectivity index (χ0n) is 12.7. The first kappa shape index (κ1) is 20.2. The second-order valence-electron chi connectivity index (χ2n) is 5.51. The molecule has 0 aromatic carbocycles. The maximum Gasteiger partial charge on any atom is 0.516 e. The Morgan fingerprint density at radius 2 is 1.71 bits per heavy atom. The minimum absolute atomic E-state index is 0.205. The van der Waals surface area contributed by atoms with Gasteiger partial charge in [0.15, 0.2) is 0 Å². The van der Waals surface area contributed by atoms with Crippen LogP contribution in [0.3, 0.4) is 0 Å². The van der Waals surface area contributed by atoms with Crippen LogP contribution in [0.15, 0.2) is 0 Å². The highest BCUT2D eigenvalue weighted by atomic mass is 32.2. The normalized spacial score (nSPS) is 14.2. The predicted molar refractivity (Wildman–Crippen MR) is 74.8 cm³/mol. The van der Waals surface area contributed by atoms with Crippen LogP contribution in [0.1, 0.15) is 59.3 Å². The molecule has 1 amide bonds. The van der Waals surface area contributed by atoms with E-state index in [0.29, 0.717) is 12.3 Å². The summed E-state index contributed by atoms with van der Waals surface area (Å²) in [6.45, 7) is 6.04. The first-order chi connectivity index (χ1) is 9.51. The highest BCUT2D eigenvalue weighted by Crippen LogP contribution is 2.25. The van der Waals surface area contributed by atoms with Gasteiger partial charge in [-0.05, 0) is 18.3 Å². The number of nitrogens with one attached hydrogen (secondary N) is 1. The number of amides is 1.